The molecule has 0 aliphatic carbocycles. The first kappa shape index (κ1) is 18.8. The second-order valence-corrected chi connectivity index (χ2v) is 7.53. The van der Waals surface area contributed by atoms with Crippen LogP contribution in [0.25, 0.3) is 11.3 Å². The van der Waals surface area contributed by atoms with Crippen molar-refractivity contribution in [3.05, 3.63) is 68.8 Å². The van der Waals surface area contributed by atoms with Crippen LogP contribution < -0.4 is 5.32 Å². The minimum Gasteiger partial charge on any atom is -0.298 e. The minimum atomic E-state index is -0.458. The van der Waals surface area contributed by atoms with Gasteiger partial charge < -0.3 is 0 Å². The normalized spacial score (nSPS) is 10.8. The van der Waals surface area contributed by atoms with E-state index in [-0.39, 0.29) is 5.56 Å². The lowest BCUT2D eigenvalue weighted by atomic mass is 10.1. The first-order chi connectivity index (χ1) is 12.5. The number of hydrogen-bond donors (Lipinski definition) is 1. The molecule has 0 unspecified atom stereocenters. The van der Waals surface area contributed by atoms with E-state index in [9.17, 15) is 9.18 Å². The van der Waals surface area contributed by atoms with Gasteiger partial charge in [0.2, 0.25) is 0 Å². The number of halogens is 3. The van der Waals surface area contributed by atoms with Crippen LogP contribution in [0.5, 0.6) is 0 Å². The quantitative estimate of drug-likeness (QED) is 0.525. The highest BCUT2D eigenvalue weighted by Gasteiger charge is 2.16. The molecule has 0 fully saturated rings. The van der Waals surface area contributed by atoms with Gasteiger partial charge in [0.15, 0.2) is 5.13 Å². The van der Waals surface area contributed by atoms with E-state index in [2.05, 4.69) is 17.2 Å². The Hall–Kier alpha value is -1.95. The Morgan fingerprint density at radius 2 is 2.00 bits per heavy atom. The van der Waals surface area contributed by atoms with Crippen molar-refractivity contribution >= 4 is 45.6 Å². The molecule has 0 radical (unpaired) electrons. The summed E-state index contributed by atoms with van der Waals surface area (Å²) >= 11 is 13.5. The van der Waals surface area contributed by atoms with Gasteiger partial charge in [-0.2, -0.15) is 0 Å². The second kappa shape index (κ2) is 8.16. The van der Waals surface area contributed by atoms with Gasteiger partial charge in [0.25, 0.3) is 5.91 Å². The zero-order valence-corrected chi connectivity index (χ0v) is 16.2. The number of carbonyl (C=O) groups excluding carboxylic acids is 1. The number of nitrogens with zero attached hydrogens (tertiary/aromatic N) is 1. The highest BCUT2D eigenvalue weighted by molar-refractivity contribution is 7.16. The molecule has 0 atom stereocenters. The van der Waals surface area contributed by atoms with Crippen LogP contribution in [0.15, 0.2) is 42.5 Å². The minimum absolute atomic E-state index is 0.244. The molecule has 3 aromatic rings. The third-order valence-corrected chi connectivity index (χ3v) is 5.44. The first-order valence-corrected chi connectivity index (χ1v) is 9.57. The number of aromatic nitrogens is 1. The molecule has 26 heavy (non-hydrogen) atoms. The van der Waals surface area contributed by atoms with Crippen LogP contribution in [0.2, 0.25) is 10.0 Å². The Balaban J connectivity index is 1.91. The zero-order chi connectivity index (χ0) is 18.7. The van der Waals surface area contributed by atoms with Crippen molar-refractivity contribution in [3.8, 4) is 11.3 Å². The SMILES string of the molecule is CCCc1sc(NC(=O)c2cccc(F)c2)nc1-c1ccc(Cl)c(Cl)c1. The Labute approximate surface area is 164 Å². The van der Waals surface area contributed by atoms with Crippen molar-refractivity contribution in [2.45, 2.75) is 19.8 Å². The van der Waals surface area contributed by atoms with Gasteiger partial charge in [-0.25, -0.2) is 9.37 Å². The second-order valence-electron chi connectivity index (χ2n) is 5.63. The van der Waals surface area contributed by atoms with Crippen LogP contribution in [0.3, 0.4) is 0 Å². The van der Waals surface area contributed by atoms with E-state index >= 15 is 0 Å². The van der Waals surface area contributed by atoms with E-state index in [4.69, 9.17) is 23.2 Å². The van der Waals surface area contributed by atoms with E-state index in [0.29, 0.717) is 15.2 Å². The number of anilines is 1. The molecule has 3 nitrogen and oxygen atoms in total. The summed E-state index contributed by atoms with van der Waals surface area (Å²) in [4.78, 5) is 17.9. The van der Waals surface area contributed by atoms with E-state index < -0.39 is 11.7 Å². The molecule has 0 saturated carbocycles. The largest absolute Gasteiger partial charge is 0.298 e. The molecule has 3 rings (SSSR count). The van der Waals surface area contributed by atoms with Crippen molar-refractivity contribution in [2.24, 2.45) is 0 Å². The summed E-state index contributed by atoms with van der Waals surface area (Å²) in [6.07, 6.45) is 1.76. The van der Waals surface area contributed by atoms with Gasteiger partial charge in [0, 0.05) is 16.0 Å². The molecule has 1 heterocycles. The van der Waals surface area contributed by atoms with Crippen LogP contribution in [0.1, 0.15) is 28.6 Å². The van der Waals surface area contributed by atoms with Crippen molar-refractivity contribution in [1.82, 2.24) is 4.98 Å². The van der Waals surface area contributed by atoms with Crippen molar-refractivity contribution in [3.63, 3.8) is 0 Å². The smallest absolute Gasteiger partial charge is 0.257 e. The summed E-state index contributed by atoms with van der Waals surface area (Å²) in [6.45, 7) is 2.07. The number of amides is 1. The molecule has 0 saturated heterocycles. The third-order valence-electron chi connectivity index (χ3n) is 3.67. The Morgan fingerprint density at radius 3 is 2.69 bits per heavy atom. The van der Waals surface area contributed by atoms with Crippen molar-refractivity contribution < 1.29 is 9.18 Å². The van der Waals surface area contributed by atoms with E-state index in [0.717, 1.165) is 29.0 Å². The summed E-state index contributed by atoms with van der Waals surface area (Å²) in [7, 11) is 0. The maximum absolute atomic E-state index is 13.3. The van der Waals surface area contributed by atoms with Gasteiger partial charge in [-0.3, -0.25) is 10.1 Å². The first-order valence-electron chi connectivity index (χ1n) is 8.00. The number of rotatable bonds is 5. The van der Waals surface area contributed by atoms with Crippen molar-refractivity contribution in [1.29, 1.82) is 0 Å². The molecule has 0 spiro atoms. The number of hydrogen-bond acceptors (Lipinski definition) is 3. The predicted octanol–water partition coefficient (Wildman–Crippen LogP) is 6.46. The highest BCUT2D eigenvalue weighted by atomic mass is 35.5. The van der Waals surface area contributed by atoms with Crippen LogP contribution in [0, 0.1) is 5.82 Å². The fourth-order valence-electron chi connectivity index (χ4n) is 2.47. The number of nitrogens with one attached hydrogen (secondary N) is 1. The predicted molar refractivity (Wildman–Crippen MR) is 106 cm³/mol. The van der Waals surface area contributed by atoms with Gasteiger partial charge in [-0.15, -0.1) is 11.3 Å². The fraction of sp³-hybridized carbons (Fsp3) is 0.158. The number of carbonyl (C=O) groups is 1. The molecular weight excluding hydrogens is 394 g/mol. The van der Waals surface area contributed by atoms with Gasteiger partial charge in [-0.05, 0) is 36.8 Å². The summed E-state index contributed by atoms with van der Waals surface area (Å²) in [5, 5.41) is 4.13. The third kappa shape index (κ3) is 4.23. The average Bonchev–Trinajstić information content (AvgIpc) is 3.00. The topological polar surface area (TPSA) is 42.0 Å². The maximum Gasteiger partial charge on any atom is 0.257 e. The highest BCUT2D eigenvalue weighted by Crippen LogP contribution is 2.35. The molecule has 1 aromatic heterocycles. The number of thiazole rings is 1. The maximum atomic E-state index is 13.3. The van der Waals surface area contributed by atoms with Crippen LogP contribution in [-0.2, 0) is 6.42 Å². The Kier molecular flexibility index (Phi) is 5.91. The van der Waals surface area contributed by atoms with E-state index in [1.54, 1.807) is 18.2 Å². The molecule has 0 bridgehead atoms. The molecule has 134 valence electrons. The summed E-state index contributed by atoms with van der Waals surface area (Å²) in [5.74, 6) is -0.859. The molecule has 2 aromatic carbocycles. The average molecular weight is 409 g/mol. The summed E-state index contributed by atoms with van der Waals surface area (Å²) in [6, 6.07) is 10.9. The molecule has 0 aliphatic rings. The van der Waals surface area contributed by atoms with Gasteiger partial charge in [0.1, 0.15) is 5.82 Å². The molecular formula is C19H15Cl2FN2OS. The van der Waals surface area contributed by atoms with Gasteiger partial charge in [0.05, 0.1) is 15.7 Å². The van der Waals surface area contributed by atoms with Crippen LogP contribution >= 0.6 is 34.5 Å². The van der Waals surface area contributed by atoms with Gasteiger partial charge in [-0.1, -0.05) is 48.7 Å². The Bertz CT molecular complexity index is 958. The van der Waals surface area contributed by atoms with Gasteiger partial charge >= 0.3 is 0 Å². The lowest BCUT2D eigenvalue weighted by molar-refractivity contribution is 0.102. The Morgan fingerprint density at radius 1 is 1.19 bits per heavy atom. The van der Waals surface area contributed by atoms with E-state index in [1.807, 2.05) is 6.07 Å². The summed E-state index contributed by atoms with van der Waals surface area (Å²) < 4.78 is 13.3. The van der Waals surface area contributed by atoms with E-state index in [1.165, 1.54) is 29.5 Å². The van der Waals surface area contributed by atoms with Crippen LogP contribution in [-0.4, -0.2) is 10.9 Å². The van der Waals surface area contributed by atoms with Crippen molar-refractivity contribution in [2.75, 3.05) is 5.32 Å². The lowest BCUT2D eigenvalue weighted by Crippen LogP contribution is -2.11. The molecule has 0 aliphatic heterocycles. The monoisotopic (exact) mass is 408 g/mol. The zero-order valence-electron chi connectivity index (χ0n) is 13.9. The number of benzene rings is 2. The standard InChI is InChI=1S/C19H15Cl2FN2OS/c1-2-4-16-17(11-7-8-14(20)15(21)10-11)23-19(26-16)24-18(25)12-5-3-6-13(22)9-12/h3,5-10H,2,4H2,1H3,(H,23,24,25). The molecule has 7 heteroatoms. The number of aryl methyl sites for hydroxylation is 1. The van der Waals surface area contributed by atoms with Crippen LogP contribution in [0.4, 0.5) is 9.52 Å². The summed E-state index contributed by atoms with van der Waals surface area (Å²) in [5.41, 5.74) is 1.85. The molecule has 1 N–H and O–H groups in total. The molecule has 1 amide bonds. The fourth-order valence-corrected chi connectivity index (χ4v) is 3.85. The lowest BCUT2D eigenvalue weighted by Gasteiger charge is -2.03.